The first kappa shape index (κ1) is 24.0. The number of aryl methyl sites for hydroxylation is 1. The fraction of sp³-hybridized carbons (Fsp3) is 0.519. The third kappa shape index (κ3) is 5.02. The van der Waals surface area contributed by atoms with Gasteiger partial charge in [-0.05, 0) is 61.3 Å². The van der Waals surface area contributed by atoms with Crippen LogP contribution in [-0.2, 0) is 20.2 Å². The van der Waals surface area contributed by atoms with Gasteiger partial charge in [-0.1, -0.05) is 62.7 Å². The molecule has 178 valence electrons. The van der Waals surface area contributed by atoms with Crippen molar-refractivity contribution in [3.8, 4) is 0 Å². The number of hydrogen-bond acceptors (Lipinski definition) is 3. The molecule has 2 aliphatic heterocycles. The lowest BCUT2D eigenvalue weighted by Gasteiger charge is -2.34. The summed E-state index contributed by atoms with van der Waals surface area (Å²) in [5.74, 6) is 0.0775. The second-order valence-corrected chi connectivity index (χ2v) is 12.5. The summed E-state index contributed by atoms with van der Waals surface area (Å²) in [4.78, 5) is 15.8. The Hall–Kier alpha value is -2.18. The molecule has 0 N–H and O–H groups in total. The summed E-state index contributed by atoms with van der Waals surface area (Å²) in [7, 11) is -3.51. The average molecular weight is 469 g/mol. The van der Waals surface area contributed by atoms with Gasteiger partial charge in [-0.3, -0.25) is 4.79 Å². The molecule has 2 saturated heterocycles. The molecule has 0 radical (unpaired) electrons. The summed E-state index contributed by atoms with van der Waals surface area (Å²) >= 11 is 0. The van der Waals surface area contributed by atoms with E-state index in [-0.39, 0.29) is 23.3 Å². The number of rotatable bonds is 4. The van der Waals surface area contributed by atoms with Crippen LogP contribution in [0.2, 0.25) is 0 Å². The second kappa shape index (κ2) is 9.22. The number of hydrogen-bond donors (Lipinski definition) is 0. The number of sulfonamides is 1. The molecule has 0 bridgehead atoms. The lowest BCUT2D eigenvalue weighted by Crippen LogP contribution is -2.44. The van der Waals surface area contributed by atoms with Crippen LogP contribution in [0.3, 0.4) is 0 Å². The van der Waals surface area contributed by atoms with Gasteiger partial charge in [0.15, 0.2) is 0 Å². The number of amides is 1. The normalized spacial score (nSPS) is 20.8. The van der Waals surface area contributed by atoms with Crippen molar-refractivity contribution in [3.63, 3.8) is 0 Å². The molecule has 2 heterocycles. The van der Waals surface area contributed by atoms with E-state index in [1.807, 2.05) is 24.0 Å². The summed E-state index contributed by atoms with van der Waals surface area (Å²) in [6, 6.07) is 15.8. The predicted molar refractivity (Wildman–Crippen MR) is 131 cm³/mol. The van der Waals surface area contributed by atoms with Gasteiger partial charge in [-0.2, -0.15) is 4.31 Å². The Morgan fingerprint density at radius 1 is 0.879 bits per heavy atom. The smallest absolute Gasteiger partial charge is 0.243 e. The summed E-state index contributed by atoms with van der Waals surface area (Å²) < 4.78 is 27.5. The van der Waals surface area contributed by atoms with Crippen LogP contribution in [-0.4, -0.2) is 43.2 Å². The third-order valence-corrected chi connectivity index (χ3v) is 9.07. The fourth-order valence-electron chi connectivity index (χ4n) is 5.02. The van der Waals surface area contributed by atoms with Gasteiger partial charge in [-0.15, -0.1) is 0 Å². The van der Waals surface area contributed by atoms with Gasteiger partial charge in [0, 0.05) is 25.6 Å². The molecular weight excluding hydrogens is 432 g/mol. The second-order valence-electron chi connectivity index (χ2n) is 10.6. The summed E-state index contributed by atoms with van der Waals surface area (Å²) in [5, 5.41) is 0. The Labute approximate surface area is 198 Å². The molecule has 0 saturated carbocycles. The van der Waals surface area contributed by atoms with Gasteiger partial charge in [0.2, 0.25) is 15.9 Å². The highest BCUT2D eigenvalue weighted by molar-refractivity contribution is 7.89. The monoisotopic (exact) mass is 468 g/mol. The minimum absolute atomic E-state index is 0.107. The maximum atomic E-state index is 13.4. The van der Waals surface area contributed by atoms with Crippen molar-refractivity contribution < 1.29 is 13.2 Å². The van der Waals surface area contributed by atoms with Crippen LogP contribution in [0, 0.1) is 12.8 Å². The number of carbonyl (C=O) groups excluding carboxylic acids is 1. The van der Waals surface area contributed by atoms with Crippen molar-refractivity contribution >= 4 is 15.9 Å². The SMILES string of the molecule is Cc1ccc(S(=O)(=O)N2CCC(C(=O)N3CCCC3c3ccc(C(C)(C)C)cc3)CC2)cc1. The Balaban J connectivity index is 1.41. The van der Waals surface area contributed by atoms with Crippen LogP contribution in [0.15, 0.2) is 53.4 Å². The zero-order valence-electron chi connectivity index (χ0n) is 20.3. The Kier molecular flexibility index (Phi) is 6.70. The maximum absolute atomic E-state index is 13.4. The Morgan fingerprint density at radius 2 is 1.48 bits per heavy atom. The Morgan fingerprint density at radius 3 is 2.06 bits per heavy atom. The van der Waals surface area contributed by atoms with Crippen molar-refractivity contribution in [1.29, 1.82) is 0 Å². The lowest BCUT2D eigenvalue weighted by atomic mass is 9.86. The lowest BCUT2D eigenvalue weighted by molar-refractivity contribution is -0.137. The first-order valence-corrected chi connectivity index (χ1v) is 13.5. The average Bonchev–Trinajstić information content (AvgIpc) is 3.28. The quantitative estimate of drug-likeness (QED) is 0.630. The van der Waals surface area contributed by atoms with Crippen LogP contribution in [0.4, 0.5) is 0 Å². The topological polar surface area (TPSA) is 57.7 Å². The minimum Gasteiger partial charge on any atom is -0.335 e. The molecule has 6 heteroatoms. The molecule has 0 aromatic heterocycles. The highest BCUT2D eigenvalue weighted by Gasteiger charge is 2.37. The van der Waals surface area contributed by atoms with Crippen molar-refractivity contribution in [3.05, 3.63) is 65.2 Å². The van der Waals surface area contributed by atoms with Crippen LogP contribution in [0.25, 0.3) is 0 Å². The van der Waals surface area contributed by atoms with Gasteiger partial charge in [0.1, 0.15) is 0 Å². The first-order valence-electron chi connectivity index (χ1n) is 12.0. The molecule has 2 aromatic rings. The molecule has 0 aliphatic carbocycles. The molecule has 33 heavy (non-hydrogen) atoms. The van der Waals surface area contributed by atoms with E-state index in [9.17, 15) is 13.2 Å². The van der Waals surface area contributed by atoms with Gasteiger partial charge in [0.25, 0.3) is 0 Å². The van der Waals surface area contributed by atoms with Gasteiger partial charge in [-0.25, -0.2) is 8.42 Å². The summed E-state index contributed by atoms with van der Waals surface area (Å²) in [6.07, 6.45) is 3.16. The van der Waals surface area contributed by atoms with E-state index in [2.05, 4.69) is 45.0 Å². The molecule has 2 fully saturated rings. The van der Waals surface area contributed by atoms with Crippen molar-refractivity contribution in [2.45, 2.75) is 69.7 Å². The van der Waals surface area contributed by atoms with Gasteiger partial charge in [0.05, 0.1) is 10.9 Å². The zero-order chi connectivity index (χ0) is 23.8. The van der Waals surface area contributed by atoms with Crippen LogP contribution in [0.5, 0.6) is 0 Å². The van der Waals surface area contributed by atoms with E-state index < -0.39 is 10.0 Å². The first-order chi connectivity index (χ1) is 15.6. The third-order valence-electron chi connectivity index (χ3n) is 7.16. The zero-order valence-corrected chi connectivity index (χ0v) is 21.1. The van der Waals surface area contributed by atoms with E-state index in [1.165, 1.54) is 15.4 Å². The summed E-state index contributed by atoms with van der Waals surface area (Å²) in [5.41, 5.74) is 3.64. The predicted octanol–water partition coefficient (Wildman–Crippen LogP) is 5.06. The fourth-order valence-corrected chi connectivity index (χ4v) is 6.49. The number of piperidine rings is 1. The molecule has 4 rings (SSSR count). The largest absolute Gasteiger partial charge is 0.335 e. The van der Waals surface area contributed by atoms with E-state index in [1.54, 1.807) is 12.1 Å². The van der Waals surface area contributed by atoms with Gasteiger partial charge >= 0.3 is 0 Å². The number of carbonyl (C=O) groups is 1. The Bertz CT molecular complexity index is 1080. The molecule has 1 unspecified atom stereocenters. The standard InChI is InChI=1S/C27H36N2O3S/c1-20-7-13-24(14-8-20)33(31,32)28-18-15-22(16-19-28)26(30)29-17-5-6-25(29)21-9-11-23(12-10-21)27(2,3)4/h7-14,22,25H,5-6,15-19H2,1-4H3. The molecule has 1 amide bonds. The van der Waals surface area contributed by atoms with Crippen molar-refractivity contribution in [1.82, 2.24) is 9.21 Å². The summed E-state index contributed by atoms with van der Waals surface area (Å²) in [6.45, 7) is 10.1. The molecule has 0 spiro atoms. The van der Waals surface area contributed by atoms with E-state index >= 15 is 0 Å². The molecule has 1 atom stereocenters. The van der Waals surface area contributed by atoms with E-state index in [0.717, 1.165) is 24.9 Å². The van der Waals surface area contributed by atoms with E-state index in [4.69, 9.17) is 0 Å². The highest BCUT2D eigenvalue weighted by Crippen LogP contribution is 2.36. The van der Waals surface area contributed by atoms with Crippen molar-refractivity contribution in [2.75, 3.05) is 19.6 Å². The van der Waals surface area contributed by atoms with Crippen LogP contribution in [0.1, 0.15) is 69.2 Å². The molecule has 5 nitrogen and oxygen atoms in total. The minimum atomic E-state index is -3.51. The molecule has 2 aromatic carbocycles. The van der Waals surface area contributed by atoms with E-state index in [0.29, 0.717) is 30.8 Å². The maximum Gasteiger partial charge on any atom is 0.243 e. The number of likely N-dealkylation sites (tertiary alicyclic amines) is 1. The molecular formula is C27H36N2O3S. The van der Waals surface area contributed by atoms with Crippen LogP contribution >= 0.6 is 0 Å². The number of nitrogens with zero attached hydrogens (tertiary/aromatic N) is 2. The van der Waals surface area contributed by atoms with Crippen molar-refractivity contribution in [2.24, 2.45) is 5.92 Å². The number of benzene rings is 2. The van der Waals surface area contributed by atoms with Gasteiger partial charge < -0.3 is 4.90 Å². The van der Waals surface area contributed by atoms with Crippen LogP contribution < -0.4 is 0 Å². The molecule has 2 aliphatic rings. The highest BCUT2D eigenvalue weighted by atomic mass is 32.2.